The van der Waals surface area contributed by atoms with Crippen molar-refractivity contribution < 1.29 is 47.5 Å². The van der Waals surface area contributed by atoms with E-state index in [2.05, 4.69) is 30.5 Å². The highest BCUT2D eigenvalue weighted by molar-refractivity contribution is 7.47. The Bertz CT molecular complexity index is 1040. The number of rotatable bonds is 45. The van der Waals surface area contributed by atoms with Gasteiger partial charge in [-0.1, -0.05) is 193 Å². The van der Waals surface area contributed by atoms with E-state index in [1.807, 2.05) is 0 Å². The molecule has 0 amide bonds. The second-order valence-corrected chi connectivity index (χ2v) is 17.7. The maximum atomic E-state index is 12.7. The van der Waals surface area contributed by atoms with Gasteiger partial charge in [0.15, 0.2) is 6.10 Å². The van der Waals surface area contributed by atoms with Crippen molar-refractivity contribution in [1.29, 1.82) is 0 Å². The molecule has 0 aliphatic carbocycles. The van der Waals surface area contributed by atoms with Crippen LogP contribution in [-0.4, -0.2) is 59.9 Å². The second kappa shape index (κ2) is 41.9. The highest BCUT2D eigenvalue weighted by Crippen LogP contribution is 2.43. The summed E-state index contributed by atoms with van der Waals surface area (Å²) in [6.07, 6.45) is 42.7. The number of carboxylic acid groups (broad SMARTS) is 1. The summed E-state index contributed by atoms with van der Waals surface area (Å²) in [5.74, 6) is -2.38. The number of allylic oxidation sites excluding steroid dienone is 2. The number of carbonyl (C=O) groups is 3. The molecule has 0 spiro atoms. The minimum absolute atomic E-state index is 0.164. The van der Waals surface area contributed by atoms with Gasteiger partial charge in [-0.15, -0.1) is 0 Å². The molecule has 1 unspecified atom stereocenters. The third-order valence-electron chi connectivity index (χ3n) is 10.5. The van der Waals surface area contributed by atoms with Crippen molar-refractivity contribution >= 4 is 25.7 Å². The average Bonchev–Trinajstić information content (AvgIpc) is 3.20. The van der Waals surface area contributed by atoms with E-state index in [1.165, 1.54) is 148 Å². The molecule has 0 aromatic heterocycles. The molecule has 0 heterocycles. The van der Waals surface area contributed by atoms with Crippen LogP contribution in [0, 0.1) is 0 Å². The van der Waals surface area contributed by atoms with E-state index in [0.717, 1.165) is 44.9 Å². The number of carbonyl (C=O) groups excluding carboxylic acids is 2. The van der Waals surface area contributed by atoms with Gasteiger partial charge >= 0.3 is 25.7 Å². The zero-order valence-electron chi connectivity index (χ0n) is 37.2. The molecule has 0 saturated carbocycles. The Morgan fingerprint density at radius 2 is 0.862 bits per heavy atom. The summed E-state index contributed by atoms with van der Waals surface area (Å²) in [6.45, 7) is 2.82. The number of unbranched alkanes of at least 4 members (excludes halogenated alkanes) is 29. The smallest absolute Gasteiger partial charge is 0.472 e. The Morgan fingerprint density at radius 3 is 1.28 bits per heavy atom. The summed E-state index contributed by atoms with van der Waals surface area (Å²) >= 11 is 0. The zero-order chi connectivity index (χ0) is 42.8. The van der Waals surface area contributed by atoms with Crippen LogP contribution in [0.1, 0.15) is 232 Å². The van der Waals surface area contributed by atoms with Gasteiger partial charge in [0.2, 0.25) is 0 Å². The molecule has 0 rings (SSSR count). The van der Waals surface area contributed by atoms with Gasteiger partial charge in [-0.05, 0) is 38.5 Å². The molecule has 3 atom stereocenters. The lowest BCUT2D eigenvalue weighted by molar-refractivity contribution is -0.161. The molecule has 4 N–H and O–H groups in total. The van der Waals surface area contributed by atoms with Crippen LogP contribution in [0.25, 0.3) is 0 Å². The molecule has 0 aliphatic rings. The fraction of sp³-hybridized carbons (Fsp3) is 0.891. The summed E-state index contributed by atoms with van der Waals surface area (Å²) in [6, 6.07) is -1.52. The van der Waals surface area contributed by atoms with Gasteiger partial charge in [-0.3, -0.25) is 23.4 Å². The van der Waals surface area contributed by atoms with Crippen LogP contribution in [-0.2, 0) is 37.5 Å². The molecule has 12 heteroatoms. The van der Waals surface area contributed by atoms with E-state index in [0.29, 0.717) is 12.8 Å². The van der Waals surface area contributed by atoms with Crippen molar-refractivity contribution in [2.75, 3.05) is 19.8 Å². The lowest BCUT2D eigenvalue weighted by Gasteiger charge is -2.20. The lowest BCUT2D eigenvalue weighted by Crippen LogP contribution is -2.34. The van der Waals surface area contributed by atoms with Crippen molar-refractivity contribution in [3.63, 3.8) is 0 Å². The summed E-state index contributed by atoms with van der Waals surface area (Å²) in [4.78, 5) is 46.0. The minimum atomic E-state index is -4.72. The molecule has 342 valence electrons. The highest BCUT2D eigenvalue weighted by Gasteiger charge is 2.28. The standard InChI is InChI=1S/C46H88NO10P/c1-3-5-7-9-11-13-15-17-19-20-21-22-24-26-28-30-32-34-36-38-45(49)57-42(40-55-58(52,53)56-41-43(47)46(50)51)39-54-44(48)37-35-33-31-29-27-25-23-18-16-14-12-10-8-6-4-2/h25,27,42-43H,3-24,26,28-41,47H2,1-2H3,(H,50,51)(H,52,53)/b27-25+/t42-,43+/m1/s1. The first kappa shape index (κ1) is 56.2. The normalized spacial score (nSPS) is 13.7. The van der Waals surface area contributed by atoms with Crippen LogP contribution >= 0.6 is 7.82 Å². The summed E-state index contributed by atoms with van der Waals surface area (Å²) in [5, 5.41) is 8.90. The number of esters is 2. The molecule has 11 nitrogen and oxygen atoms in total. The number of ether oxygens (including phenoxy) is 2. The van der Waals surface area contributed by atoms with Crippen LogP contribution in [0.4, 0.5) is 0 Å². The number of carboxylic acids is 1. The van der Waals surface area contributed by atoms with Crippen LogP contribution in [0.3, 0.4) is 0 Å². The summed E-state index contributed by atoms with van der Waals surface area (Å²) in [5.41, 5.74) is 5.34. The maximum absolute atomic E-state index is 12.7. The van der Waals surface area contributed by atoms with Crippen LogP contribution in [0.5, 0.6) is 0 Å². The Morgan fingerprint density at radius 1 is 0.517 bits per heavy atom. The second-order valence-electron chi connectivity index (χ2n) is 16.2. The summed E-state index contributed by atoms with van der Waals surface area (Å²) in [7, 11) is -4.72. The number of phosphoric acid groups is 1. The van der Waals surface area contributed by atoms with Gasteiger partial charge < -0.3 is 25.2 Å². The van der Waals surface area contributed by atoms with Crippen LogP contribution < -0.4 is 5.73 Å². The molecule has 0 aliphatic heterocycles. The van der Waals surface area contributed by atoms with E-state index < -0.39 is 51.1 Å². The van der Waals surface area contributed by atoms with E-state index in [9.17, 15) is 23.8 Å². The third kappa shape index (κ3) is 41.0. The van der Waals surface area contributed by atoms with Crippen molar-refractivity contribution in [2.45, 2.75) is 244 Å². The number of hydrogen-bond donors (Lipinski definition) is 3. The molecular weight excluding hydrogens is 757 g/mol. The molecule has 0 radical (unpaired) electrons. The van der Waals surface area contributed by atoms with Gasteiger partial charge in [-0.2, -0.15) is 0 Å². The average molecular weight is 846 g/mol. The minimum Gasteiger partial charge on any atom is -0.480 e. The SMILES string of the molecule is CCCCCCCCCC/C=C/CCCCCC(=O)OC[C@H](COP(=O)(O)OC[C@H](N)C(=O)O)OC(=O)CCCCCCCCCCCCCCCCCCCCC. The van der Waals surface area contributed by atoms with Gasteiger partial charge in [0, 0.05) is 12.8 Å². The largest absolute Gasteiger partial charge is 0.480 e. The Kier molecular flexibility index (Phi) is 40.6. The first-order valence-corrected chi connectivity index (χ1v) is 25.2. The third-order valence-corrected chi connectivity index (χ3v) is 11.5. The molecule has 58 heavy (non-hydrogen) atoms. The first-order valence-electron chi connectivity index (χ1n) is 23.7. The van der Waals surface area contributed by atoms with E-state index in [4.69, 9.17) is 24.8 Å². The number of aliphatic carboxylic acids is 1. The Hall–Kier alpha value is -1.78. The van der Waals surface area contributed by atoms with Crippen molar-refractivity contribution in [2.24, 2.45) is 5.73 Å². The number of phosphoric ester groups is 1. The molecule has 0 fully saturated rings. The van der Waals surface area contributed by atoms with Gasteiger partial charge in [-0.25, -0.2) is 4.57 Å². The van der Waals surface area contributed by atoms with Gasteiger partial charge in [0.05, 0.1) is 13.2 Å². The van der Waals surface area contributed by atoms with Crippen LogP contribution in [0.2, 0.25) is 0 Å². The summed E-state index contributed by atoms with van der Waals surface area (Å²) < 4.78 is 32.8. The van der Waals surface area contributed by atoms with E-state index in [1.54, 1.807) is 0 Å². The molecule has 0 aromatic rings. The molecular formula is C46H88NO10P. The maximum Gasteiger partial charge on any atom is 0.472 e. The fourth-order valence-corrected chi connectivity index (χ4v) is 7.55. The van der Waals surface area contributed by atoms with Crippen molar-refractivity contribution in [1.82, 2.24) is 0 Å². The quantitative estimate of drug-likeness (QED) is 0.0230. The van der Waals surface area contributed by atoms with Crippen molar-refractivity contribution in [3.8, 4) is 0 Å². The Balaban J connectivity index is 4.28. The topological polar surface area (TPSA) is 172 Å². The Labute approximate surface area is 354 Å². The zero-order valence-corrected chi connectivity index (χ0v) is 38.1. The highest BCUT2D eigenvalue weighted by atomic mass is 31.2. The monoisotopic (exact) mass is 846 g/mol. The molecule has 0 saturated heterocycles. The van der Waals surface area contributed by atoms with Crippen LogP contribution in [0.15, 0.2) is 12.2 Å². The predicted molar refractivity (Wildman–Crippen MR) is 236 cm³/mol. The first-order chi connectivity index (χ1) is 28.1. The predicted octanol–water partition coefficient (Wildman–Crippen LogP) is 12.8. The van der Waals surface area contributed by atoms with Crippen molar-refractivity contribution in [3.05, 3.63) is 12.2 Å². The van der Waals surface area contributed by atoms with E-state index >= 15 is 0 Å². The number of hydrogen-bond acceptors (Lipinski definition) is 9. The fourth-order valence-electron chi connectivity index (χ4n) is 6.77. The molecule has 0 aromatic carbocycles. The van der Waals surface area contributed by atoms with Gasteiger partial charge in [0.25, 0.3) is 0 Å². The van der Waals surface area contributed by atoms with Gasteiger partial charge in [0.1, 0.15) is 12.6 Å². The van der Waals surface area contributed by atoms with E-state index in [-0.39, 0.29) is 19.4 Å². The molecule has 0 bridgehead atoms. The lowest BCUT2D eigenvalue weighted by atomic mass is 10.0. The number of nitrogens with two attached hydrogens (primary N) is 1.